The van der Waals surface area contributed by atoms with Gasteiger partial charge in [0.05, 0.1) is 0 Å². The molecule has 0 radical (unpaired) electrons. The van der Waals surface area contributed by atoms with Crippen LogP contribution in [-0.2, 0) is 0 Å². The molecule has 0 aliphatic heterocycles. The average Bonchev–Trinajstić information content (AvgIpc) is 1.92. The summed E-state index contributed by atoms with van der Waals surface area (Å²) in [4.78, 5) is 0. The Balaban J connectivity index is 0.000000605. The SMILES string of the molecule is CCNCC1CC2C=CC21.[HH]. The van der Waals surface area contributed by atoms with Gasteiger partial charge >= 0.3 is 0 Å². The highest BCUT2D eigenvalue weighted by Crippen LogP contribution is 2.48. The van der Waals surface area contributed by atoms with E-state index in [1.54, 1.807) is 0 Å². The van der Waals surface area contributed by atoms with Crippen molar-refractivity contribution in [1.29, 1.82) is 0 Å². The molecular weight excluding hydrogens is 122 g/mol. The molecule has 0 aromatic heterocycles. The fraction of sp³-hybridized carbons (Fsp3) is 0.778. The first-order valence-corrected chi connectivity index (χ1v) is 4.31. The van der Waals surface area contributed by atoms with E-state index in [4.69, 9.17) is 0 Å². The van der Waals surface area contributed by atoms with Crippen molar-refractivity contribution in [2.75, 3.05) is 13.1 Å². The van der Waals surface area contributed by atoms with Crippen LogP contribution >= 0.6 is 0 Å². The first-order valence-electron chi connectivity index (χ1n) is 4.31. The minimum absolute atomic E-state index is 0. The van der Waals surface area contributed by atoms with Crippen LogP contribution in [-0.4, -0.2) is 13.1 Å². The van der Waals surface area contributed by atoms with E-state index in [1.807, 2.05) is 0 Å². The van der Waals surface area contributed by atoms with Crippen molar-refractivity contribution in [3.05, 3.63) is 12.2 Å². The first kappa shape index (κ1) is 6.41. The lowest BCUT2D eigenvalue weighted by atomic mass is 9.58. The van der Waals surface area contributed by atoms with E-state index in [-0.39, 0.29) is 1.43 Å². The van der Waals surface area contributed by atoms with Gasteiger partial charge in [-0.1, -0.05) is 19.1 Å². The maximum Gasteiger partial charge on any atom is 0 e. The molecule has 1 saturated carbocycles. The second-order valence-electron chi connectivity index (χ2n) is 3.43. The van der Waals surface area contributed by atoms with Crippen LogP contribution in [0, 0.1) is 17.8 Å². The van der Waals surface area contributed by atoms with Crippen molar-refractivity contribution in [1.82, 2.24) is 5.32 Å². The summed E-state index contributed by atoms with van der Waals surface area (Å²) >= 11 is 0. The van der Waals surface area contributed by atoms with Crippen LogP contribution in [0.3, 0.4) is 0 Å². The van der Waals surface area contributed by atoms with Gasteiger partial charge in [-0.3, -0.25) is 0 Å². The van der Waals surface area contributed by atoms with Crippen LogP contribution in [0.5, 0.6) is 0 Å². The fourth-order valence-corrected chi connectivity index (χ4v) is 2.00. The minimum Gasteiger partial charge on any atom is -0.317 e. The summed E-state index contributed by atoms with van der Waals surface area (Å²) in [6.45, 7) is 4.53. The summed E-state index contributed by atoms with van der Waals surface area (Å²) in [6.07, 6.45) is 6.16. The first-order chi connectivity index (χ1) is 4.92. The third-order valence-corrected chi connectivity index (χ3v) is 2.85. The molecule has 0 bridgehead atoms. The van der Waals surface area contributed by atoms with Crippen LogP contribution in [0.4, 0.5) is 0 Å². The molecule has 3 atom stereocenters. The van der Waals surface area contributed by atoms with Gasteiger partial charge in [0, 0.05) is 1.43 Å². The topological polar surface area (TPSA) is 12.0 Å². The van der Waals surface area contributed by atoms with Crippen LogP contribution in [0.1, 0.15) is 14.8 Å². The Morgan fingerprint density at radius 1 is 1.60 bits per heavy atom. The molecule has 58 valence electrons. The second-order valence-corrected chi connectivity index (χ2v) is 3.43. The predicted octanol–water partition coefficient (Wildman–Crippen LogP) is 1.66. The largest absolute Gasteiger partial charge is 0.317 e. The van der Waals surface area contributed by atoms with Crippen molar-refractivity contribution in [2.24, 2.45) is 17.8 Å². The van der Waals surface area contributed by atoms with Crippen molar-refractivity contribution in [3.8, 4) is 0 Å². The van der Waals surface area contributed by atoms with Gasteiger partial charge in [0.25, 0.3) is 0 Å². The molecule has 0 spiro atoms. The molecule has 3 unspecified atom stereocenters. The van der Waals surface area contributed by atoms with Crippen LogP contribution < -0.4 is 5.32 Å². The third-order valence-electron chi connectivity index (χ3n) is 2.85. The summed E-state index contributed by atoms with van der Waals surface area (Å²) in [5, 5.41) is 3.40. The number of allylic oxidation sites excluding steroid dienone is 2. The highest BCUT2D eigenvalue weighted by atomic mass is 14.9. The maximum atomic E-state index is 3.40. The van der Waals surface area contributed by atoms with Gasteiger partial charge < -0.3 is 5.32 Å². The number of fused-ring (bicyclic) bond motifs is 1. The molecule has 2 aliphatic rings. The van der Waals surface area contributed by atoms with Gasteiger partial charge in [-0.15, -0.1) is 0 Å². The second kappa shape index (κ2) is 2.39. The molecule has 1 N–H and O–H groups in total. The molecule has 1 fully saturated rings. The van der Waals surface area contributed by atoms with Gasteiger partial charge in [0.1, 0.15) is 0 Å². The Morgan fingerprint density at radius 3 is 2.90 bits per heavy atom. The van der Waals surface area contributed by atoms with Gasteiger partial charge in [-0.2, -0.15) is 0 Å². The normalized spacial score (nSPS) is 41.9. The Kier molecular flexibility index (Phi) is 1.53. The molecule has 0 aromatic carbocycles. The van der Waals surface area contributed by atoms with E-state index < -0.39 is 0 Å². The highest BCUT2D eigenvalue weighted by molar-refractivity contribution is 5.18. The Labute approximate surface area is 64.0 Å². The van der Waals surface area contributed by atoms with E-state index in [0.29, 0.717) is 0 Å². The molecule has 1 nitrogen and oxygen atoms in total. The van der Waals surface area contributed by atoms with Gasteiger partial charge in [0.15, 0.2) is 0 Å². The predicted molar refractivity (Wildman–Crippen MR) is 44.9 cm³/mol. The van der Waals surface area contributed by atoms with Gasteiger partial charge in [-0.25, -0.2) is 0 Å². The fourth-order valence-electron chi connectivity index (χ4n) is 2.00. The Bertz CT molecular complexity index is 156. The Hall–Kier alpha value is -0.300. The molecule has 1 heteroatoms. The summed E-state index contributed by atoms with van der Waals surface area (Å²) in [7, 11) is 0. The van der Waals surface area contributed by atoms with Crippen molar-refractivity contribution >= 4 is 0 Å². The number of hydrogen-bond donors (Lipinski definition) is 1. The van der Waals surface area contributed by atoms with Crippen LogP contribution in [0.2, 0.25) is 0 Å². The molecule has 0 heterocycles. The Morgan fingerprint density at radius 2 is 2.50 bits per heavy atom. The van der Waals surface area contributed by atoms with E-state index in [9.17, 15) is 0 Å². The van der Waals surface area contributed by atoms with E-state index >= 15 is 0 Å². The monoisotopic (exact) mass is 139 g/mol. The molecule has 2 aliphatic carbocycles. The smallest absolute Gasteiger partial charge is 0 e. The number of nitrogens with one attached hydrogen (secondary N) is 1. The third kappa shape index (κ3) is 0.807. The van der Waals surface area contributed by atoms with Crippen molar-refractivity contribution < 1.29 is 1.43 Å². The van der Waals surface area contributed by atoms with Crippen molar-refractivity contribution in [2.45, 2.75) is 13.3 Å². The minimum atomic E-state index is 0. The number of rotatable bonds is 3. The van der Waals surface area contributed by atoms with E-state index in [1.165, 1.54) is 13.0 Å². The highest BCUT2D eigenvalue weighted by Gasteiger charge is 2.41. The quantitative estimate of drug-likeness (QED) is 0.586. The zero-order valence-electron chi connectivity index (χ0n) is 6.51. The standard InChI is InChI=1S/C9H15N.H2/c1-2-10-6-8-5-7-3-4-9(7)8;/h3-4,7-10H,2,5-6H2,1H3;1H. The van der Waals surface area contributed by atoms with Crippen molar-refractivity contribution in [3.63, 3.8) is 0 Å². The van der Waals surface area contributed by atoms with Crippen LogP contribution in [0.25, 0.3) is 0 Å². The van der Waals surface area contributed by atoms with Gasteiger partial charge in [0.2, 0.25) is 0 Å². The van der Waals surface area contributed by atoms with Crippen LogP contribution in [0.15, 0.2) is 12.2 Å². The lowest BCUT2D eigenvalue weighted by Crippen LogP contribution is -2.44. The van der Waals surface area contributed by atoms with E-state index in [2.05, 4.69) is 24.4 Å². The molecule has 0 amide bonds. The summed E-state index contributed by atoms with van der Waals surface area (Å²) in [5.41, 5.74) is 0. The van der Waals surface area contributed by atoms with Gasteiger partial charge in [-0.05, 0) is 37.3 Å². The summed E-state index contributed by atoms with van der Waals surface area (Å²) in [6, 6.07) is 0. The molecule has 2 rings (SSSR count). The molecular formula is C9H17N. The average molecular weight is 139 g/mol. The summed E-state index contributed by atoms with van der Waals surface area (Å²) in [5.74, 6) is 2.90. The zero-order chi connectivity index (χ0) is 6.97. The lowest BCUT2D eigenvalue weighted by molar-refractivity contribution is 0.124. The molecule has 10 heavy (non-hydrogen) atoms. The lowest BCUT2D eigenvalue weighted by Gasteiger charge is -2.47. The number of hydrogen-bond acceptors (Lipinski definition) is 1. The zero-order valence-corrected chi connectivity index (χ0v) is 6.51. The summed E-state index contributed by atoms with van der Waals surface area (Å²) < 4.78 is 0. The molecule has 0 aromatic rings. The molecule has 0 saturated heterocycles. The maximum absolute atomic E-state index is 3.40. The van der Waals surface area contributed by atoms with E-state index in [0.717, 1.165) is 24.3 Å².